The van der Waals surface area contributed by atoms with E-state index in [1.54, 1.807) is 26.5 Å². The van der Waals surface area contributed by atoms with Crippen molar-refractivity contribution in [2.45, 2.75) is 5.88 Å². The lowest BCUT2D eigenvalue weighted by molar-refractivity contribution is 0.353. The van der Waals surface area contributed by atoms with Gasteiger partial charge in [-0.15, -0.1) is 11.6 Å². The van der Waals surface area contributed by atoms with Crippen molar-refractivity contribution in [1.82, 2.24) is 4.98 Å². The van der Waals surface area contributed by atoms with E-state index in [1.165, 1.54) is 0 Å². The number of ether oxygens (including phenoxy) is 2. The summed E-state index contributed by atoms with van der Waals surface area (Å²) in [6.07, 6.45) is 1.59. The number of pyridine rings is 1. The minimum Gasteiger partial charge on any atom is -0.493 e. The summed E-state index contributed by atoms with van der Waals surface area (Å²) in [7, 11) is 3.15. The van der Waals surface area contributed by atoms with Gasteiger partial charge in [0.25, 0.3) is 0 Å². The highest BCUT2D eigenvalue weighted by molar-refractivity contribution is 6.16. The molecule has 0 aromatic carbocycles. The molecule has 0 aliphatic rings. The number of hydrogen-bond acceptors (Lipinski definition) is 3. The lowest BCUT2D eigenvalue weighted by Crippen LogP contribution is -1.93. The Morgan fingerprint density at radius 1 is 1.33 bits per heavy atom. The first-order valence-electron chi connectivity index (χ1n) is 3.44. The van der Waals surface area contributed by atoms with Crippen molar-refractivity contribution in [3.05, 3.63) is 18.0 Å². The van der Waals surface area contributed by atoms with E-state index in [9.17, 15) is 0 Å². The lowest BCUT2D eigenvalue weighted by Gasteiger charge is -2.06. The molecule has 0 N–H and O–H groups in total. The van der Waals surface area contributed by atoms with Gasteiger partial charge in [0.05, 0.1) is 32.0 Å². The second-order valence-corrected chi connectivity index (χ2v) is 2.43. The molecule has 0 atom stereocenters. The summed E-state index contributed by atoms with van der Waals surface area (Å²) in [4.78, 5) is 4.04. The molecule has 0 spiro atoms. The van der Waals surface area contributed by atoms with Crippen molar-refractivity contribution < 1.29 is 9.47 Å². The first kappa shape index (κ1) is 9.13. The van der Waals surface area contributed by atoms with Gasteiger partial charge >= 0.3 is 0 Å². The summed E-state index contributed by atoms with van der Waals surface area (Å²) in [6.45, 7) is 0. The molecule has 1 heterocycles. The predicted molar refractivity (Wildman–Crippen MR) is 46.9 cm³/mol. The van der Waals surface area contributed by atoms with Crippen molar-refractivity contribution >= 4 is 11.6 Å². The van der Waals surface area contributed by atoms with Crippen LogP contribution in [0.1, 0.15) is 5.69 Å². The van der Waals surface area contributed by atoms with Crippen LogP contribution in [0.5, 0.6) is 11.5 Å². The molecule has 0 bridgehead atoms. The molecule has 4 heteroatoms. The number of halogens is 1. The van der Waals surface area contributed by atoms with E-state index in [0.29, 0.717) is 17.4 Å². The van der Waals surface area contributed by atoms with Gasteiger partial charge in [-0.1, -0.05) is 0 Å². The normalized spacial score (nSPS) is 9.58. The van der Waals surface area contributed by atoms with E-state index in [-0.39, 0.29) is 0 Å². The summed E-state index contributed by atoms with van der Waals surface area (Å²) in [6, 6.07) is 1.76. The van der Waals surface area contributed by atoms with Crippen LogP contribution in [-0.4, -0.2) is 19.2 Å². The fourth-order valence-electron chi connectivity index (χ4n) is 0.851. The number of rotatable bonds is 3. The van der Waals surface area contributed by atoms with E-state index >= 15 is 0 Å². The highest BCUT2D eigenvalue weighted by atomic mass is 35.5. The second-order valence-electron chi connectivity index (χ2n) is 2.16. The molecule has 3 nitrogen and oxygen atoms in total. The Kier molecular flexibility index (Phi) is 3.17. The van der Waals surface area contributed by atoms with Crippen LogP contribution in [0.2, 0.25) is 0 Å². The number of alkyl halides is 1. The summed E-state index contributed by atoms with van der Waals surface area (Å²) >= 11 is 5.59. The van der Waals surface area contributed by atoms with E-state index in [1.807, 2.05) is 0 Å². The van der Waals surface area contributed by atoms with Crippen LogP contribution in [0.3, 0.4) is 0 Å². The van der Waals surface area contributed by atoms with Crippen molar-refractivity contribution in [2.75, 3.05) is 14.2 Å². The summed E-state index contributed by atoms with van der Waals surface area (Å²) in [5, 5.41) is 0. The van der Waals surface area contributed by atoms with Crippen LogP contribution < -0.4 is 9.47 Å². The summed E-state index contributed by atoms with van der Waals surface area (Å²) in [5.74, 6) is 1.65. The maximum absolute atomic E-state index is 5.59. The number of aromatic nitrogens is 1. The molecule has 12 heavy (non-hydrogen) atoms. The predicted octanol–water partition coefficient (Wildman–Crippen LogP) is 1.84. The second kappa shape index (κ2) is 4.16. The van der Waals surface area contributed by atoms with Gasteiger partial charge in [0, 0.05) is 6.07 Å². The molecule has 66 valence electrons. The zero-order valence-corrected chi connectivity index (χ0v) is 7.76. The average molecular weight is 188 g/mol. The molecule has 0 aliphatic carbocycles. The highest BCUT2D eigenvalue weighted by Gasteiger charge is 2.04. The topological polar surface area (TPSA) is 31.4 Å². The maximum atomic E-state index is 5.59. The van der Waals surface area contributed by atoms with Crippen LogP contribution in [0, 0.1) is 0 Å². The zero-order valence-electron chi connectivity index (χ0n) is 7.00. The molecule has 0 amide bonds. The maximum Gasteiger partial charge on any atom is 0.179 e. The van der Waals surface area contributed by atoms with E-state index in [2.05, 4.69) is 4.98 Å². The van der Waals surface area contributed by atoms with Crippen molar-refractivity contribution in [3.8, 4) is 11.5 Å². The van der Waals surface area contributed by atoms with Crippen LogP contribution in [0.4, 0.5) is 0 Å². The molecule has 0 saturated carbocycles. The third-order valence-electron chi connectivity index (χ3n) is 1.46. The van der Waals surface area contributed by atoms with Gasteiger partial charge in [-0.25, -0.2) is 0 Å². The summed E-state index contributed by atoms with van der Waals surface area (Å²) in [5.41, 5.74) is 0.773. The SMILES string of the molecule is COc1cnc(CCl)cc1OC. The largest absolute Gasteiger partial charge is 0.493 e. The van der Waals surface area contributed by atoms with E-state index in [0.717, 1.165) is 5.69 Å². The smallest absolute Gasteiger partial charge is 0.179 e. The molecule has 1 rings (SSSR count). The number of nitrogens with zero attached hydrogens (tertiary/aromatic N) is 1. The lowest BCUT2D eigenvalue weighted by atomic mass is 10.3. The third-order valence-corrected chi connectivity index (χ3v) is 1.74. The standard InChI is InChI=1S/C8H10ClNO2/c1-11-7-3-6(4-9)10-5-8(7)12-2/h3,5H,4H2,1-2H3. The van der Waals surface area contributed by atoms with Gasteiger partial charge in [-0.3, -0.25) is 4.98 Å². The van der Waals surface area contributed by atoms with Crippen LogP contribution >= 0.6 is 11.6 Å². The number of hydrogen-bond donors (Lipinski definition) is 0. The molecule has 1 aromatic rings. The summed E-state index contributed by atoms with van der Waals surface area (Å²) < 4.78 is 10.1. The molecule has 0 saturated heterocycles. The fraction of sp³-hybridized carbons (Fsp3) is 0.375. The van der Waals surface area contributed by atoms with Gasteiger partial charge in [0.2, 0.25) is 0 Å². The molecule has 1 aromatic heterocycles. The number of methoxy groups -OCH3 is 2. The third kappa shape index (κ3) is 1.80. The van der Waals surface area contributed by atoms with Crippen LogP contribution in [0.25, 0.3) is 0 Å². The van der Waals surface area contributed by atoms with Crippen molar-refractivity contribution in [1.29, 1.82) is 0 Å². The molecular weight excluding hydrogens is 178 g/mol. The Morgan fingerprint density at radius 2 is 2.00 bits per heavy atom. The van der Waals surface area contributed by atoms with Gasteiger partial charge in [0.1, 0.15) is 0 Å². The zero-order chi connectivity index (χ0) is 8.97. The Bertz CT molecular complexity index is 265. The molecule has 0 fully saturated rings. The Labute approximate surface area is 76.3 Å². The molecule has 0 radical (unpaired) electrons. The Balaban J connectivity index is 3.02. The average Bonchev–Trinajstić information content (AvgIpc) is 2.16. The quantitative estimate of drug-likeness (QED) is 0.677. The monoisotopic (exact) mass is 187 g/mol. The molecular formula is C8H10ClNO2. The van der Waals surface area contributed by atoms with Gasteiger partial charge in [-0.2, -0.15) is 0 Å². The molecule has 0 unspecified atom stereocenters. The fourth-order valence-corrected chi connectivity index (χ4v) is 0.997. The Morgan fingerprint density at radius 3 is 2.50 bits per heavy atom. The van der Waals surface area contributed by atoms with Crippen LogP contribution in [0.15, 0.2) is 12.3 Å². The van der Waals surface area contributed by atoms with Crippen molar-refractivity contribution in [2.24, 2.45) is 0 Å². The van der Waals surface area contributed by atoms with Gasteiger partial charge in [0.15, 0.2) is 11.5 Å². The first-order valence-corrected chi connectivity index (χ1v) is 3.98. The van der Waals surface area contributed by atoms with Gasteiger partial charge in [-0.05, 0) is 0 Å². The molecule has 0 aliphatic heterocycles. The van der Waals surface area contributed by atoms with E-state index in [4.69, 9.17) is 21.1 Å². The highest BCUT2D eigenvalue weighted by Crippen LogP contribution is 2.26. The minimum absolute atomic E-state index is 0.375. The van der Waals surface area contributed by atoms with Crippen LogP contribution in [-0.2, 0) is 5.88 Å². The first-order chi connectivity index (χ1) is 5.81. The van der Waals surface area contributed by atoms with Gasteiger partial charge < -0.3 is 9.47 Å². The van der Waals surface area contributed by atoms with E-state index < -0.39 is 0 Å². The minimum atomic E-state index is 0.375. The Hall–Kier alpha value is -0.960. The van der Waals surface area contributed by atoms with Crippen molar-refractivity contribution in [3.63, 3.8) is 0 Å².